The van der Waals surface area contributed by atoms with Gasteiger partial charge in [0.2, 0.25) is 11.9 Å². The molecule has 1 aromatic rings. The summed E-state index contributed by atoms with van der Waals surface area (Å²) in [5.41, 5.74) is 0. The zero-order chi connectivity index (χ0) is 13.5. The second-order valence-electron chi connectivity index (χ2n) is 4.94. The summed E-state index contributed by atoms with van der Waals surface area (Å²) in [4.78, 5) is 11.8. The highest BCUT2D eigenvalue weighted by Crippen LogP contribution is 2.20. The van der Waals surface area contributed by atoms with E-state index in [9.17, 15) is 4.79 Å². The van der Waals surface area contributed by atoms with Crippen molar-refractivity contribution in [3.63, 3.8) is 0 Å². The van der Waals surface area contributed by atoms with Crippen molar-refractivity contribution in [2.45, 2.75) is 45.6 Å². The van der Waals surface area contributed by atoms with Crippen molar-refractivity contribution in [1.29, 1.82) is 0 Å². The quantitative estimate of drug-likeness (QED) is 0.853. The fourth-order valence-electron chi connectivity index (χ4n) is 2.36. The van der Waals surface area contributed by atoms with E-state index in [0.29, 0.717) is 12.4 Å². The first-order valence-corrected chi connectivity index (χ1v) is 7.05. The fourth-order valence-corrected chi connectivity index (χ4v) is 2.36. The molecule has 1 aromatic heterocycles. The highest BCUT2D eigenvalue weighted by atomic mass is 16.5. The maximum atomic E-state index is 11.8. The van der Waals surface area contributed by atoms with Crippen LogP contribution in [0, 0.1) is 5.92 Å². The van der Waals surface area contributed by atoms with E-state index in [1.165, 1.54) is 0 Å². The predicted octanol–water partition coefficient (Wildman–Crippen LogP) is 1.83. The molecule has 0 bridgehead atoms. The molecule has 1 aliphatic heterocycles. The third kappa shape index (κ3) is 4.31. The molecule has 19 heavy (non-hydrogen) atoms. The zero-order valence-electron chi connectivity index (χ0n) is 11.5. The molecule has 1 fully saturated rings. The van der Waals surface area contributed by atoms with E-state index in [1.54, 1.807) is 6.33 Å². The van der Waals surface area contributed by atoms with E-state index >= 15 is 0 Å². The molecule has 1 amide bonds. The first-order chi connectivity index (χ1) is 9.29. The van der Waals surface area contributed by atoms with Crippen LogP contribution in [0.1, 0.15) is 39.0 Å². The Balaban J connectivity index is 1.67. The first-order valence-electron chi connectivity index (χ1n) is 7.05. The van der Waals surface area contributed by atoms with Crippen molar-refractivity contribution in [2.24, 2.45) is 5.92 Å². The van der Waals surface area contributed by atoms with Crippen LogP contribution in [0.4, 0.5) is 5.95 Å². The molecule has 2 rings (SSSR count). The molecule has 0 unspecified atom stereocenters. The van der Waals surface area contributed by atoms with Gasteiger partial charge in [0.25, 0.3) is 0 Å². The number of nitrogens with zero attached hydrogens (tertiary/aromatic N) is 3. The number of hydrogen-bond acceptors (Lipinski definition) is 4. The fraction of sp³-hybridized carbons (Fsp3) is 0.769. The predicted molar refractivity (Wildman–Crippen MR) is 71.7 cm³/mol. The maximum Gasteiger partial charge on any atom is 0.231 e. The molecule has 2 heterocycles. The van der Waals surface area contributed by atoms with Gasteiger partial charge in [0, 0.05) is 26.2 Å². The van der Waals surface area contributed by atoms with Crippen LogP contribution in [0.5, 0.6) is 0 Å². The molecule has 0 atom stereocenters. The van der Waals surface area contributed by atoms with Crippen LogP contribution in [-0.4, -0.2) is 33.9 Å². The Hall–Kier alpha value is -1.43. The van der Waals surface area contributed by atoms with E-state index in [1.807, 2.05) is 11.5 Å². The Labute approximate surface area is 113 Å². The average molecular weight is 266 g/mol. The molecule has 6 heteroatoms. The minimum absolute atomic E-state index is 0.0229. The van der Waals surface area contributed by atoms with Crippen molar-refractivity contribution in [2.75, 3.05) is 18.5 Å². The molecule has 0 spiro atoms. The van der Waals surface area contributed by atoms with E-state index in [4.69, 9.17) is 4.74 Å². The van der Waals surface area contributed by atoms with E-state index < -0.39 is 0 Å². The molecule has 1 N–H and O–H groups in total. The summed E-state index contributed by atoms with van der Waals surface area (Å²) < 4.78 is 7.14. The largest absolute Gasteiger partial charge is 0.381 e. The number of nitrogens with one attached hydrogen (secondary N) is 1. The standard InChI is InChI=1S/C13H22N4O2/c1-2-17-10-14-16-13(17)15-12(18)5-3-4-11-6-8-19-9-7-11/h10-11H,2-9H2,1H3,(H,15,16,18). The number of carbonyl (C=O) groups excluding carboxylic acids is 1. The third-order valence-corrected chi connectivity index (χ3v) is 3.56. The van der Waals surface area contributed by atoms with Gasteiger partial charge in [-0.3, -0.25) is 10.1 Å². The first kappa shape index (κ1) is 14.0. The lowest BCUT2D eigenvalue weighted by Crippen LogP contribution is -2.18. The van der Waals surface area contributed by atoms with E-state index in [2.05, 4.69) is 15.5 Å². The molecule has 0 aromatic carbocycles. The Kier molecular flexibility index (Phi) is 5.32. The summed E-state index contributed by atoms with van der Waals surface area (Å²) in [5, 5.41) is 10.5. The van der Waals surface area contributed by atoms with E-state index in [0.717, 1.165) is 51.4 Å². The Morgan fingerprint density at radius 3 is 3.05 bits per heavy atom. The number of carbonyl (C=O) groups is 1. The second-order valence-corrected chi connectivity index (χ2v) is 4.94. The highest BCUT2D eigenvalue weighted by molar-refractivity contribution is 5.88. The number of hydrogen-bond donors (Lipinski definition) is 1. The molecule has 1 aliphatic rings. The summed E-state index contributed by atoms with van der Waals surface area (Å²) in [7, 11) is 0. The zero-order valence-corrected chi connectivity index (χ0v) is 11.5. The average Bonchev–Trinajstić information content (AvgIpc) is 2.87. The van der Waals surface area contributed by atoms with Crippen molar-refractivity contribution < 1.29 is 9.53 Å². The minimum Gasteiger partial charge on any atom is -0.381 e. The molecular formula is C13H22N4O2. The summed E-state index contributed by atoms with van der Waals surface area (Å²) >= 11 is 0. The third-order valence-electron chi connectivity index (χ3n) is 3.56. The molecule has 6 nitrogen and oxygen atoms in total. The van der Waals surface area contributed by atoms with Crippen LogP contribution in [-0.2, 0) is 16.1 Å². The molecule has 106 valence electrons. The van der Waals surface area contributed by atoms with Crippen molar-refractivity contribution >= 4 is 11.9 Å². The monoisotopic (exact) mass is 266 g/mol. The Morgan fingerprint density at radius 1 is 1.53 bits per heavy atom. The lowest BCUT2D eigenvalue weighted by Gasteiger charge is -2.21. The molecule has 0 radical (unpaired) electrons. The van der Waals surface area contributed by atoms with Crippen LogP contribution in [0.3, 0.4) is 0 Å². The van der Waals surface area contributed by atoms with Gasteiger partial charge in [-0.25, -0.2) is 0 Å². The normalized spacial score (nSPS) is 16.5. The second kappa shape index (κ2) is 7.23. The summed E-state index contributed by atoms with van der Waals surface area (Å²) in [6.45, 7) is 4.49. The lowest BCUT2D eigenvalue weighted by atomic mass is 9.94. The number of rotatable bonds is 6. The lowest BCUT2D eigenvalue weighted by molar-refractivity contribution is -0.116. The van der Waals surface area contributed by atoms with Crippen molar-refractivity contribution in [1.82, 2.24) is 14.8 Å². The molecule has 1 saturated heterocycles. The van der Waals surface area contributed by atoms with Crippen LogP contribution < -0.4 is 5.32 Å². The van der Waals surface area contributed by atoms with Gasteiger partial charge in [0.1, 0.15) is 6.33 Å². The summed E-state index contributed by atoms with van der Waals surface area (Å²) in [6.07, 6.45) is 6.47. The van der Waals surface area contributed by atoms with Gasteiger partial charge in [-0.2, -0.15) is 0 Å². The van der Waals surface area contributed by atoms with Crippen LogP contribution in [0.15, 0.2) is 6.33 Å². The number of aromatic nitrogens is 3. The van der Waals surface area contributed by atoms with Crippen LogP contribution >= 0.6 is 0 Å². The highest BCUT2D eigenvalue weighted by Gasteiger charge is 2.14. The van der Waals surface area contributed by atoms with Crippen molar-refractivity contribution in [3.05, 3.63) is 6.33 Å². The molecule has 0 aliphatic carbocycles. The molecule has 0 saturated carbocycles. The maximum absolute atomic E-state index is 11.8. The smallest absolute Gasteiger partial charge is 0.231 e. The van der Waals surface area contributed by atoms with Gasteiger partial charge in [-0.1, -0.05) is 0 Å². The van der Waals surface area contributed by atoms with Gasteiger partial charge in [0.15, 0.2) is 0 Å². The van der Waals surface area contributed by atoms with Crippen molar-refractivity contribution in [3.8, 4) is 0 Å². The summed E-state index contributed by atoms with van der Waals surface area (Å²) in [6, 6.07) is 0. The Morgan fingerprint density at radius 2 is 2.32 bits per heavy atom. The van der Waals surface area contributed by atoms with E-state index in [-0.39, 0.29) is 5.91 Å². The number of amides is 1. The minimum atomic E-state index is 0.0229. The summed E-state index contributed by atoms with van der Waals surface area (Å²) in [5.74, 6) is 1.29. The van der Waals surface area contributed by atoms with Crippen LogP contribution in [0.2, 0.25) is 0 Å². The SMILES string of the molecule is CCn1cnnc1NC(=O)CCCC1CCOCC1. The number of ether oxygens (including phenoxy) is 1. The van der Waals surface area contributed by atoms with Gasteiger partial charge < -0.3 is 9.30 Å². The van der Waals surface area contributed by atoms with Gasteiger partial charge in [-0.15, -0.1) is 10.2 Å². The molecular weight excluding hydrogens is 244 g/mol. The number of anilines is 1. The van der Waals surface area contributed by atoms with Gasteiger partial charge >= 0.3 is 0 Å². The number of aryl methyl sites for hydroxylation is 1. The Bertz CT molecular complexity index is 399. The topological polar surface area (TPSA) is 69.0 Å². The van der Waals surface area contributed by atoms with Crippen LogP contribution in [0.25, 0.3) is 0 Å². The van der Waals surface area contributed by atoms with Gasteiger partial charge in [0.05, 0.1) is 0 Å². The van der Waals surface area contributed by atoms with Gasteiger partial charge in [-0.05, 0) is 38.5 Å².